The van der Waals surface area contributed by atoms with Crippen LogP contribution >= 0.6 is 23.8 Å². The number of nitrogens with zero attached hydrogens (tertiary/aromatic N) is 4. The van der Waals surface area contributed by atoms with Crippen LogP contribution in [0.15, 0.2) is 48.8 Å². The molecular weight excluding hydrogens is 356 g/mol. The lowest BCUT2D eigenvalue weighted by molar-refractivity contribution is 0.614. The van der Waals surface area contributed by atoms with E-state index in [0.717, 1.165) is 22.8 Å². The topological polar surface area (TPSA) is 59.7 Å². The van der Waals surface area contributed by atoms with Crippen molar-refractivity contribution in [1.82, 2.24) is 24.9 Å². The van der Waals surface area contributed by atoms with Crippen LogP contribution in [-0.2, 0) is 19.6 Å². The molecule has 6 nitrogen and oxygen atoms in total. The van der Waals surface area contributed by atoms with Crippen molar-refractivity contribution in [2.24, 2.45) is 0 Å². The number of anilines is 1. The third-order valence-electron chi connectivity index (χ3n) is 3.71. The van der Waals surface area contributed by atoms with E-state index < -0.39 is 0 Å². The molecule has 0 saturated carbocycles. The highest BCUT2D eigenvalue weighted by Crippen LogP contribution is 2.16. The Balaban J connectivity index is 1.54. The van der Waals surface area contributed by atoms with Crippen LogP contribution in [0.2, 0.25) is 5.02 Å². The number of hydrogen-bond acceptors (Lipinski definition) is 3. The van der Waals surface area contributed by atoms with E-state index in [-0.39, 0.29) is 0 Å². The van der Waals surface area contributed by atoms with Crippen LogP contribution in [0, 0.1) is 0 Å². The largest absolute Gasteiger partial charge is 0.357 e. The number of halogens is 1. The molecule has 2 heterocycles. The second-order valence-corrected chi connectivity index (χ2v) is 6.25. The van der Waals surface area contributed by atoms with Crippen LogP contribution in [-0.4, -0.2) is 24.7 Å². The lowest BCUT2D eigenvalue weighted by Crippen LogP contribution is -2.29. The second-order valence-electron chi connectivity index (χ2n) is 5.44. The lowest BCUT2D eigenvalue weighted by atomic mass is 10.2. The van der Waals surface area contributed by atoms with E-state index in [1.54, 1.807) is 6.20 Å². The highest BCUT2D eigenvalue weighted by Gasteiger charge is 2.06. The summed E-state index contributed by atoms with van der Waals surface area (Å²) in [6, 6.07) is 11.6. The van der Waals surface area contributed by atoms with Gasteiger partial charge < -0.3 is 10.6 Å². The molecular formula is C17H19ClN6S. The number of nitrogens with one attached hydrogen (secondary N) is 2. The summed E-state index contributed by atoms with van der Waals surface area (Å²) < 4.78 is 3.74. The number of rotatable bonds is 6. The maximum Gasteiger partial charge on any atom is 0.172 e. The first-order valence-electron chi connectivity index (χ1n) is 7.98. The van der Waals surface area contributed by atoms with Gasteiger partial charge in [-0.3, -0.25) is 9.36 Å². The number of aromatic nitrogens is 4. The Hall–Kier alpha value is -2.38. The maximum absolute atomic E-state index is 6.19. The van der Waals surface area contributed by atoms with E-state index in [2.05, 4.69) is 27.8 Å². The van der Waals surface area contributed by atoms with Gasteiger partial charge >= 0.3 is 0 Å². The predicted molar refractivity (Wildman–Crippen MR) is 104 cm³/mol. The molecule has 0 amide bonds. The summed E-state index contributed by atoms with van der Waals surface area (Å²) in [5.74, 6) is 0.688. The highest BCUT2D eigenvalue weighted by atomic mass is 35.5. The molecule has 0 saturated heterocycles. The monoisotopic (exact) mass is 374 g/mol. The fourth-order valence-electron chi connectivity index (χ4n) is 2.44. The first-order valence-corrected chi connectivity index (χ1v) is 8.76. The third kappa shape index (κ3) is 4.58. The summed E-state index contributed by atoms with van der Waals surface area (Å²) in [6.07, 6.45) is 3.67. The van der Waals surface area contributed by atoms with Gasteiger partial charge in [0.1, 0.15) is 0 Å². The van der Waals surface area contributed by atoms with Gasteiger partial charge in [0.15, 0.2) is 10.9 Å². The first-order chi connectivity index (χ1) is 12.2. The molecule has 0 radical (unpaired) electrons. The molecule has 0 unspecified atom stereocenters. The lowest BCUT2D eigenvalue weighted by Gasteiger charge is -2.09. The number of thiocarbonyl (C=S) groups is 1. The van der Waals surface area contributed by atoms with Gasteiger partial charge in [-0.2, -0.15) is 10.2 Å². The summed E-state index contributed by atoms with van der Waals surface area (Å²) in [7, 11) is 0. The van der Waals surface area contributed by atoms with Crippen LogP contribution in [0.5, 0.6) is 0 Å². The van der Waals surface area contributed by atoms with E-state index >= 15 is 0 Å². The number of benzene rings is 1. The maximum atomic E-state index is 6.19. The number of hydrogen-bond donors (Lipinski definition) is 2. The molecule has 8 heteroatoms. The fourth-order valence-corrected chi connectivity index (χ4v) is 2.82. The van der Waals surface area contributed by atoms with Crippen molar-refractivity contribution in [3.63, 3.8) is 0 Å². The van der Waals surface area contributed by atoms with Gasteiger partial charge in [0, 0.05) is 30.0 Å². The van der Waals surface area contributed by atoms with E-state index in [4.69, 9.17) is 23.8 Å². The predicted octanol–water partition coefficient (Wildman–Crippen LogP) is 3.29. The highest BCUT2D eigenvalue weighted by molar-refractivity contribution is 7.80. The molecule has 3 rings (SSSR count). The quantitative estimate of drug-likeness (QED) is 0.648. The molecule has 2 N–H and O–H groups in total. The van der Waals surface area contributed by atoms with Crippen LogP contribution in [0.3, 0.4) is 0 Å². The molecule has 1 aromatic carbocycles. The molecule has 25 heavy (non-hydrogen) atoms. The Morgan fingerprint density at radius 3 is 2.88 bits per heavy atom. The summed E-state index contributed by atoms with van der Waals surface area (Å²) in [5.41, 5.74) is 2.10. The van der Waals surface area contributed by atoms with Crippen molar-refractivity contribution < 1.29 is 0 Å². The minimum atomic E-state index is 0.520. The van der Waals surface area contributed by atoms with E-state index in [9.17, 15) is 0 Å². The van der Waals surface area contributed by atoms with Gasteiger partial charge in [0.25, 0.3) is 0 Å². The number of aryl methyl sites for hydroxylation is 1. The zero-order valence-electron chi connectivity index (χ0n) is 13.8. The molecule has 0 aliphatic rings. The normalized spacial score (nSPS) is 10.6. The van der Waals surface area contributed by atoms with Gasteiger partial charge in [-0.05, 0) is 36.8 Å². The first kappa shape index (κ1) is 17.4. The molecule has 0 aliphatic heterocycles. The molecule has 2 aromatic heterocycles. The molecule has 0 fully saturated rings. The van der Waals surface area contributed by atoms with E-state index in [1.807, 2.05) is 52.0 Å². The Labute approximate surface area is 156 Å². The summed E-state index contributed by atoms with van der Waals surface area (Å²) in [5, 5.41) is 16.2. The van der Waals surface area contributed by atoms with Crippen molar-refractivity contribution in [1.29, 1.82) is 0 Å². The summed E-state index contributed by atoms with van der Waals surface area (Å²) >= 11 is 11.5. The summed E-state index contributed by atoms with van der Waals surface area (Å²) in [6.45, 7) is 4.10. The molecule has 0 bridgehead atoms. The average Bonchev–Trinajstić information content (AvgIpc) is 3.24. The minimum Gasteiger partial charge on any atom is -0.357 e. The fraction of sp³-hybridized carbons (Fsp3) is 0.235. The van der Waals surface area contributed by atoms with Gasteiger partial charge in [0.05, 0.1) is 18.8 Å². The average molecular weight is 375 g/mol. The van der Waals surface area contributed by atoms with Crippen LogP contribution in [0.4, 0.5) is 5.82 Å². The Morgan fingerprint density at radius 1 is 1.24 bits per heavy atom. The SMILES string of the molecule is CCn1nccc1CNC(=S)Nc1ccn(Cc2ccccc2Cl)n1. The van der Waals surface area contributed by atoms with Gasteiger partial charge in [-0.25, -0.2) is 0 Å². The minimum absolute atomic E-state index is 0.520. The molecule has 0 spiro atoms. The van der Waals surface area contributed by atoms with Crippen LogP contribution in [0.1, 0.15) is 18.2 Å². The van der Waals surface area contributed by atoms with Crippen molar-refractivity contribution in [3.8, 4) is 0 Å². The molecule has 0 atom stereocenters. The zero-order valence-corrected chi connectivity index (χ0v) is 15.4. The van der Waals surface area contributed by atoms with Crippen molar-refractivity contribution in [2.75, 3.05) is 5.32 Å². The Kier molecular flexibility index (Phi) is 5.67. The molecule has 130 valence electrons. The van der Waals surface area contributed by atoms with Crippen LogP contribution < -0.4 is 10.6 Å². The molecule has 0 aliphatic carbocycles. The Morgan fingerprint density at radius 2 is 2.08 bits per heavy atom. The summed E-state index contributed by atoms with van der Waals surface area (Å²) in [4.78, 5) is 0. The van der Waals surface area contributed by atoms with Gasteiger partial charge in [0.2, 0.25) is 0 Å². The van der Waals surface area contributed by atoms with Crippen LogP contribution in [0.25, 0.3) is 0 Å². The van der Waals surface area contributed by atoms with Gasteiger partial charge in [-0.1, -0.05) is 29.8 Å². The smallest absolute Gasteiger partial charge is 0.172 e. The van der Waals surface area contributed by atoms with Crippen molar-refractivity contribution >= 4 is 34.7 Å². The Bertz CT molecular complexity index is 856. The molecule has 3 aromatic rings. The van der Waals surface area contributed by atoms with Gasteiger partial charge in [-0.15, -0.1) is 0 Å². The van der Waals surface area contributed by atoms with Crippen molar-refractivity contribution in [2.45, 2.75) is 26.6 Å². The second kappa shape index (κ2) is 8.13. The van der Waals surface area contributed by atoms with E-state index in [1.165, 1.54) is 0 Å². The third-order valence-corrected chi connectivity index (χ3v) is 4.32. The standard InChI is InChI=1S/C17H19ClN6S/c1-2-24-14(7-9-20-24)11-19-17(25)21-16-8-10-23(22-16)12-13-5-3-4-6-15(13)18/h3-10H,2,11-12H2,1H3,(H2,19,21,22,25). The zero-order chi connectivity index (χ0) is 17.6. The van der Waals surface area contributed by atoms with E-state index in [0.29, 0.717) is 24.0 Å². The van der Waals surface area contributed by atoms with Crippen molar-refractivity contribution in [3.05, 3.63) is 65.1 Å².